The van der Waals surface area contributed by atoms with Crippen LogP contribution in [0.1, 0.15) is 38.2 Å². The Bertz CT molecular complexity index is 381. The average molecular weight is 260 g/mol. The van der Waals surface area contributed by atoms with E-state index in [-0.39, 0.29) is 0 Å². The lowest BCUT2D eigenvalue weighted by molar-refractivity contribution is 0.307. The highest BCUT2D eigenvalue weighted by molar-refractivity contribution is 5.27. The number of benzene rings is 1. The molecule has 1 rings (SSSR count). The highest BCUT2D eigenvalue weighted by atomic mass is 16.5. The summed E-state index contributed by atoms with van der Waals surface area (Å²) in [4.78, 5) is 0. The predicted octanol–water partition coefficient (Wildman–Crippen LogP) is 3.30. The van der Waals surface area contributed by atoms with Crippen LogP contribution in [0, 0.1) is 11.3 Å². The van der Waals surface area contributed by atoms with E-state index in [0.717, 1.165) is 31.4 Å². The summed E-state index contributed by atoms with van der Waals surface area (Å²) in [6, 6.07) is 11.0. The van der Waals surface area contributed by atoms with Gasteiger partial charge in [0.15, 0.2) is 0 Å². The second-order valence-corrected chi connectivity index (χ2v) is 4.84. The van der Waals surface area contributed by atoms with Crippen molar-refractivity contribution in [1.82, 2.24) is 5.32 Å². The Hall–Kier alpha value is -1.53. The summed E-state index contributed by atoms with van der Waals surface area (Å²) >= 11 is 0. The Morgan fingerprint density at radius 3 is 2.63 bits per heavy atom. The third-order valence-electron chi connectivity index (χ3n) is 3.23. The van der Waals surface area contributed by atoms with Gasteiger partial charge in [0.2, 0.25) is 0 Å². The molecule has 0 amide bonds. The van der Waals surface area contributed by atoms with Gasteiger partial charge in [0.05, 0.1) is 12.7 Å². The lowest BCUT2D eigenvalue weighted by Crippen LogP contribution is -2.21. The van der Waals surface area contributed by atoms with E-state index in [0.29, 0.717) is 19.1 Å². The predicted molar refractivity (Wildman–Crippen MR) is 78.2 cm³/mol. The van der Waals surface area contributed by atoms with E-state index in [1.807, 2.05) is 19.2 Å². The molecular weight excluding hydrogens is 236 g/mol. The van der Waals surface area contributed by atoms with E-state index in [9.17, 15) is 0 Å². The van der Waals surface area contributed by atoms with Gasteiger partial charge < -0.3 is 10.1 Å². The Kier molecular flexibility index (Phi) is 7.69. The van der Waals surface area contributed by atoms with Crippen LogP contribution in [0.2, 0.25) is 0 Å². The van der Waals surface area contributed by atoms with Crippen molar-refractivity contribution in [2.24, 2.45) is 0 Å². The van der Waals surface area contributed by atoms with Crippen LogP contribution in [0.25, 0.3) is 0 Å². The maximum absolute atomic E-state index is 8.43. The van der Waals surface area contributed by atoms with Crippen LogP contribution in [-0.4, -0.2) is 19.7 Å². The van der Waals surface area contributed by atoms with E-state index < -0.39 is 0 Å². The molecule has 0 spiro atoms. The first-order chi connectivity index (χ1) is 9.26. The minimum atomic E-state index is 0.552. The van der Waals surface area contributed by atoms with E-state index in [1.165, 1.54) is 5.56 Å². The minimum absolute atomic E-state index is 0.552. The van der Waals surface area contributed by atoms with Crippen LogP contribution in [0.15, 0.2) is 24.3 Å². The van der Waals surface area contributed by atoms with E-state index in [1.54, 1.807) is 0 Å². The molecule has 3 heteroatoms. The fourth-order valence-electron chi connectivity index (χ4n) is 1.78. The van der Waals surface area contributed by atoms with Crippen molar-refractivity contribution in [3.63, 3.8) is 0 Å². The largest absolute Gasteiger partial charge is 0.494 e. The summed E-state index contributed by atoms with van der Waals surface area (Å²) in [7, 11) is 1.99. The summed E-state index contributed by atoms with van der Waals surface area (Å²) in [5.74, 6) is 0.919. The smallest absolute Gasteiger partial charge is 0.119 e. The van der Waals surface area contributed by atoms with Gasteiger partial charge in [-0.25, -0.2) is 0 Å². The standard InChI is InChI=1S/C16H24N2O/c1-14(18-2)6-7-15-8-10-16(11-9-15)19-13-5-3-4-12-17/h8-11,14,18H,3-7,13H2,1-2H3. The average Bonchev–Trinajstić information content (AvgIpc) is 2.45. The number of hydrogen-bond donors (Lipinski definition) is 1. The quantitative estimate of drug-likeness (QED) is 0.693. The molecule has 0 fully saturated rings. The number of nitrogens with zero attached hydrogens (tertiary/aromatic N) is 1. The van der Waals surface area contributed by atoms with Gasteiger partial charge in [0, 0.05) is 12.5 Å². The molecule has 0 saturated carbocycles. The molecule has 0 heterocycles. The van der Waals surface area contributed by atoms with Gasteiger partial charge in [-0.05, 0) is 57.4 Å². The van der Waals surface area contributed by atoms with E-state index in [2.05, 4.69) is 30.4 Å². The molecule has 1 unspecified atom stereocenters. The van der Waals surface area contributed by atoms with E-state index >= 15 is 0 Å². The molecule has 0 aliphatic carbocycles. The van der Waals surface area contributed by atoms with Crippen molar-refractivity contribution in [3.05, 3.63) is 29.8 Å². The second kappa shape index (κ2) is 9.41. The Labute approximate surface area is 116 Å². The molecule has 104 valence electrons. The lowest BCUT2D eigenvalue weighted by atomic mass is 10.1. The van der Waals surface area contributed by atoms with Gasteiger partial charge >= 0.3 is 0 Å². The molecular formula is C16H24N2O. The minimum Gasteiger partial charge on any atom is -0.494 e. The first-order valence-electron chi connectivity index (χ1n) is 7.02. The molecule has 1 N–H and O–H groups in total. The van der Waals surface area contributed by atoms with Gasteiger partial charge in [0.25, 0.3) is 0 Å². The molecule has 0 saturated heterocycles. The van der Waals surface area contributed by atoms with Crippen LogP contribution in [0.3, 0.4) is 0 Å². The zero-order valence-electron chi connectivity index (χ0n) is 12.0. The number of aryl methyl sites for hydroxylation is 1. The molecule has 3 nitrogen and oxygen atoms in total. The topological polar surface area (TPSA) is 45.0 Å². The summed E-state index contributed by atoms with van der Waals surface area (Å²) in [5.41, 5.74) is 1.35. The Balaban J connectivity index is 2.25. The van der Waals surface area contributed by atoms with Crippen LogP contribution < -0.4 is 10.1 Å². The van der Waals surface area contributed by atoms with Crippen LogP contribution >= 0.6 is 0 Å². The Morgan fingerprint density at radius 1 is 1.26 bits per heavy atom. The second-order valence-electron chi connectivity index (χ2n) is 4.84. The van der Waals surface area contributed by atoms with Crippen molar-refractivity contribution >= 4 is 0 Å². The highest BCUT2D eigenvalue weighted by Gasteiger charge is 2.00. The highest BCUT2D eigenvalue weighted by Crippen LogP contribution is 2.14. The number of rotatable bonds is 9. The normalized spacial score (nSPS) is 11.8. The molecule has 1 atom stereocenters. The first kappa shape index (κ1) is 15.5. The monoisotopic (exact) mass is 260 g/mol. The molecule has 0 bridgehead atoms. The molecule has 1 aromatic rings. The van der Waals surface area contributed by atoms with Crippen molar-refractivity contribution in [2.45, 2.75) is 45.1 Å². The number of ether oxygens (including phenoxy) is 1. The maximum Gasteiger partial charge on any atom is 0.119 e. The maximum atomic E-state index is 8.43. The zero-order valence-corrected chi connectivity index (χ0v) is 12.0. The molecule has 19 heavy (non-hydrogen) atoms. The van der Waals surface area contributed by atoms with Gasteiger partial charge in [-0.15, -0.1) is 0 Å². The summed E-state index contributed by atoms with van der Waals surface area (Å²) in [6.07, 6.45) is 4.70. The SMILES string of the molecule is CNC(C)CCc1ccc(OCCCCC#N)cc1. The number of hydrogen-bond acceptors (Lipinski definition) is 3. The van der Waals surface area contributed by atoms with Gasteiger partial charge in [-0.2, -0.15) is 5.26 Å². The third-order valence-corrected chi connectivity index (χ3v) is 3.23. The van der Waals surface area contributed by atoms with Gasteiger partial charge in [-0.3, -0.25) is 0 Å². The van der Waals surface area contributed by atoms with Crippen molar-refractivity contribution in [1.29, 1.82) is 5.26 Å². The zero-order chi connectivity index (χ0) is 13.9. The summed E-state index contributed by atoms with van der Waals surface area (Å²) < 4.78 is 5.63. The van der Waals surface area contributed by atoms with Crippen molar-refractivity contribution < 1.29 is 4.74 Å². The Morgan fingerprint density at radius 2 is 2.00 bits per heavy atom. The van der Waals surface area contributed by atoms with Crippen LogP contribution in [-0.2, 0) is 6.42 Å². The number of unbranched alkanes of at least 4 members (excludes halogenated alkanes) is 2. The summed E-state index contributed by atoms with van der Waals surface area (Å²) in [5, 5.41) is 11.7. The third kappa shape index (κ3) is 6.83. The first-order valence-corrected chi connectivity index (χ1v) is 7.02. The number of nitrogens with one attached hydrogen (secondary N) is 1. The van der Waals surface area contributed by atoms with Crippen molar-refractivity contribution in [3.8, 4) is 11.8 Å². The molecule has 0 aromatic heterocycles. The fraction of sp³-hybridized carbons (Fsp3) is 0.562. The molecule has 0 aliphatic heterocycles. The van der Waals surface area contributed by atoms with Gasteiger partial charge in [-0.1, -0.05) is 12.1 Å². The lowest BCUT2D eigenvalue weighted by Gasteiger charge is -2.10. The molecule has 0 aliphatic rings. The van der Waals surface area contributed by atoms with Crippen LogP contribution in [0.5, 0.6) is 5.75 Å². The van der Waals surface area contributed by atoms with Crippen molar-refractivity contribution in [2.75, 3.05) is 13.7 Å². The summed E-state index contributed by atoms with van der Waals surface area (Å²) in [6.45, 7) is 2.89. The number of nitriles is 1. The van der Waals surface area contributed by atoms with E-state index in [4.69, 9.17) is 10.00 Å². The van der Waals surface area contributed by atoms with Crippen LogP contribution in [0.4, 0.5) is 0 Å². The molecule has 0 radical (unpaired) electrons. The van der Waals surface area contributed by atoms with Gasteiger partial charge in [0.1, 0.15) is 5.75 Å². The fourth-order valence-corrected chi connectivity index (χ4v) is 1.78. The molecule has 1 aromatic carbocycles.